The molecule has 0 aliphatic heterocycles. The molecule has 15 heavy (non-hydrogen) atoms. The van der Waals surface area contributed by atoms with Crippen molar-refractivity contribution in [1.29, 1.82) is 0 Å². The van der Waals surface area contributed by atoms with E-state index in [9.17, 15) is 18.0 Å². The normalized spacial score (nSPS) is 11.5. The van der Waals surface area contributed by atoms with Gasteiger partial charge in [0.2, 0.25) is 5.91 Å². The molecule has 0 saturated carbocycles. The van der Waals surface area contributed by atoms with Gasteiger partial charge >= 0.3 is 5.51 Å². The van der Waals surface area contributed by atoms with Crippen molar-refractivity contribution in [3.63, 3.8) is 0 Å². The third-order valence-electron chi connectivity index (χ3n) is 1.52. The molecule has 0 unspecified atom stereocenters. The van der Waals surface area contributed by atoms with Gasteiger partial charge in [0.05, 0.1) is 0 Å². The summed E-state index contributed by atoms with van der Waals surface area (Å²) in [5.74, 6) is -0.339. The maximum Gasteiger partial charge on any atom is 0.441 e. The molecule has 0 bridgehead atoms. The number of thioether (sulfide) groups is 1. The molecule has 0 heterocycles. The van der Waals surface area contributed by atoms with Crippen LogP contribution in [0.15, 0.2) is 0 Å². The van der Waals surface area contributed by atoms with Crippen LogP contribution in [0.1, 0.15) is 12.8 Å². The summed E-state index contributed by atoms with van der Waals surface area (Å²) in [6.07, 6.45) is 1.03. The fourth-order valence-electron chi connectivity index (χ4n) is 0.871. The van der Waals surface area contributed by atoms with Crippen molar-refractivity contribution in [2.75, 3.05) is 25.9 Å². The summed E-state index contributed by atoms with van der Waals surface area (Å²) in [4.78, 5) is 11.0. The Morgan fingerprint density at radius 1 is 1.33 bits per heavy atom. The number of carbonyl (C=O) groups is 1. The fraction of sp³-hybridized carbons (Fsp3) is 0.875. The molecule has 90 valence electrons. The summed E-state index contributed by atoms with van der Waals surface area (Å²) in [5, 5.41) is 5.30. The van der Waals surface area contributed by atoms with Gasteiger partial charge < -0.3 is 10.6 Å². The minimum Gasteiger partial charge on any atom is -0.355 e. The molecule has 3 nitrogen and oxygen atoms in total. The lowest BCUT2D eigenvalue weighted by Gasteiger charge is -2.06. The number of nitrogens with one attached hydrogen (secondary N) is 2. The largest absolute Gasteiger partial charge is 0.441 e. The van der Waals surface area contributed by atoms with Gasteiger partial charge in [-0.2, -0.15) is 13.2 Å². The van der Waals surface area contributed by atoms with Crippen molar-refractivity contribution >= 4 is 17.7 Å². The monoisotopic (exact) mass is 244 g/mol. The molecular weight excluding hydrogens is 229 g/mol. The number of alkyl halides is 3. The van der Waals surface area contributed by atoms with Crippen LogP contribution >= 0.6 is 11.8 Å². The standard InChI is InChI=1S/C8H15F3N2OS/c1-12-4-2-3-7(14)13-5-6-15-8(9,10)11/h12H,2-6H2,1H3,(H,13,14). The van der Waals surface area contributed by atoms with Gasteiger partial charge in [0.15, 0.2) is 0 Å². The molecule has 7 heteroatoms. The highest BCUT2D eigenvalue weighted by Gasteiger charge is 2.27. The second kappa shape index (κ2) is 7.81. The van der Waals surface area contributed by atoms with Crippen LogP contribution in [0.2, 0.25) is 0 Å². The van der Waals surface area contributed by atoms with Crippen LogP contribution in [0, 0.1) is 0 Å². The molecule has 0 aromatic carbocycles. The Kier molecular flexibility index (Phi) is 7.59. The quantitative estimate of drug-likeness (QED) is 0.664. The summed E-state index contributed by atoms with van der Waals surface area (Å²) in [7, 11) is 1.78. The molecule has 0 aromatic rings. The molecule has 0 aliphatic rings. The van der Waals surface area contributed by atoms with E-state index >= 15 is 0 Å². The number of hydrogen-bond donors (Lipinski definition) is 2. The van der Waals surface area contributed by atoms with E-state index in [-0.39, 0.29) is 30.0 Å². The van der Waals surface area contributed by atoms with Crippen molar-refractivity contribution in [2.24, 2.45) is 0 Å². The van der Waals surface area contributed by atoms with E-state index in [0.717, 1.165) is 6.54 Å². The number of amides is 1. The van der Waals surface area contributed by atoms with Crippen LogP contribution in [0.25, 0.3) is 0 Å². The molecule has 0 aromatic heterocycles. The minimum absolute atomic E-state index is 0.0581. The van der Waals surface area contributed by atoms with Crippen LogP contribution in [0.3, 0.4) is 0 Å². The molecular formula is C8H15F3N2OS. The fourth-order valence-corrected chi connectivity index (χ4v) is 1.31. The second-order valence-electron chi connectivity index (χ2n) is 2.85. The Hall–Kier alpha value is -0.430. The van der Waals surface area contributed by atoms with Crippen molar-refractivity contribution in [3.05, 3.63) is 0 Å². The summed E-state index contributed by atoms with van der Waals surface area (Å²) in [5.41, 5.74) is -4.21. The summed E-state index contributed by atoms with van der Waals surface area (Å²) in [6.45, 7) is 0.785. The van der Waals surface area contributed by atoms with Gasteiger partial charge in [0.25, 0.3) is 0 Å². The smallest absolute Gasteiger partial charge is 0.355 e. The van der Waals surface area contributed by atoms with Crippen LogP contribution in [-0.2, 0) is 4.79 Å². The van der Waals surface area contributed by atoms with E-state index in [1.54, 1.807) is 7.05 Å². The highest BCUT2D eigenvalue weighted by atomic mass is 32.2. The Morgan fingerprint density at radius 2 is 2.00 bits per heavy atom. The predicted octanol–water partition coefficient (Wildman–Crippen LogP) is 1.36. The average molecular weight is 244 g/mol. The maximum absolute atomic E-state index is 11.7. The Balaban J connectivity index is 3.32. The molecule has 0 radical (unpaired) electrons. The third-order valence-corrected chi connectivity index (χ3v) is 2.26. The van der Waals surface area contributed by atoms with Gasteiger partial charge in [-0.3, -0.25) is 4.79 Å². The lowest BCUT2D eigenvalue weighted by atomic mass is 10.3. The van der Waals surface area contributed by atoms with Crippen LogP contribution < -0.4 is 10.6 Å². The molecule has 0 saturated heterocycles. The Labute approximate surface area is 91.2 Å². The van der Waals surface area contributed by atoms with Crippen LogP contribution in [-0.4, -0.2) is 37.3 Å². The molecule has 0 rings (SSSR count). The molecule has 1 amide bonds. The van der Waals surface area contributed by atoms with Gasteiger partial charge in [-0.15, -0.1) is 0 Å². The van der Waals surface area contributed by atoms with E-state index < -0.39 is 5.51 Å². The van der Waals surface area contributed by atoms with E-state index in [2.05, 4.69) is 10.6 Å². The Morgan fingerprint density at radius 3 is 2.53 bits per heavy atom. The van der Waals surface area contributed by atoms with Gasteiger partial charge in [0, 0.05) is 18.7 Å². The lowest BCUT2D eigenvalue weighted by molar-refractivity contribution is -0.121. The number of carbonyl (C=O) groups excluding carboxylic acids is 1. The van der Waals surface area contributed by atoms with E-state index in [4.69, 9.17) is 0 Å². The molecule has 0 atom stereocenters. The van der Waals surface area contributed by atoms with Crippen molar-refractivity contribution in [3.8, 4) is 0 Å². The van der Waals surface area contributed by atoms with Crippen LogP contribution in [0.4, 0.5) is 13.2 Å². The zero-order valence-electron chi connectivity index (χ0n) is 8.49. The first-order valence-corrected chi connectivity index (χ1v) is 5.56. The van der Waals surface area contributed by atoms with Gasteiger partial charge in [-0.25, -0.2) is 0 Å². The SMILES string of the molecule is CNCCCC(=O)NCCSC(F)(F)F. The summed E-state index contributed by atoms with van der Waals surface area (Å²) < 4.78 is 35.0. The first-order valence-electron chi connectivity index (χ1n) is 4.57. The molecule has 2 N–H and O–H groups in total. The first kappa shape index (κ1) is 14.6. The number of halogens is 3. The zero-order valence-corrected chi connectivity index (χ0v) is 9.30. The van der Waals surface area contributed by atoms with Crippen molar-refractivity contribution in [1.82, 2.24) is 10.6 Å². The highest BCUT2D eigenvalue weighted by Crippen LogP contribution is 2.29. The van der Waals surface area contributed by atoms with Crippen molar-refractivity contribution in [2.45, 2.75) is 18.3 Å². The number of hydrogen-bond acceptors (Lipinski definition) is 3. The van der Waals surface area contributed by atoms with E-state index in [1.807, 2.05) is 0 Å². The van der Waals surface area contributed by atoms with E-state index in [0.29, 0.717) is 12.8 Å². The van der Waals surface area contributed by atoms with E-state index in [1.165, 1.54) is 0 Å². The summed E-state index contributed by atoms with van der Waals surface area (Å²) >= 11 is -0.123. The van der Waals surface area contributed by atoms with Gasteiger partial charge in [-0.1, -0.05) is 0 Å². The first-order chi connectivity index (χ1) is 6.95. The van der Waals surface area contributed by atoms with Gasteiger partial charge in [0.1, 0.15) is 0 Å². The lowest BCUT2D eigenvalue weighted by Crippen LogP contribution is -2.27. The predicted molar refractivity (Wildman–Crippen MR) is 54.7 cm³/mol. The third kappa shape index (κ3) is 11.5. The Bertz CT molecular complexity index is 187. The zero-order chi connectivity index (χ0) is 11.7. The highest BCUT2D eigenvalue weighted by molar-refractivity contribution is 8.00. The van der Waals surface area contributed by atoms with Crippen molar-refractivity contribution < 1.29 is 18.0 Å². The average Bonchev–Trinajstić information content (AvgIpc) is 2.11. The molecule has 0 aliphatic carbocycles. The van der Waals surface area contributed by atoms with Crippen LogP contribution in [0.5, 0.6) is 0 Å². The second-order valence-corrected chi connectivity index (χ2v) is 4.01. The maximum atomic E-state index is 11.7. The molecule has 0 spiro atoms. The molecule has 0 fully saturated rings. The van der Waals surface area contributed by atoms with Gasteiger partial charge in [-0.05, 0) is 31.8 Å². The number of rotatable bonds is 7. The minimum atomic E-state index is -4.21. The summed E-state index contributed by atoms with van der Waals surface area (Å²) in [6, 6.07) is 0. The topological polar surface area (TPSA) is 41.1 Å².